The second kappa shape index (κ2) is 8.55. The van der Waals surface area contributed by atoms with Crippen molar-refractivity contribution in [1.82, 2.24) is 0 Å². The van der Waals surface area contributed by atoms with Crippen molar-refractivity contribution in [3.63, 3.8) is 0 Å². The average molecular weight is 392 g/mol. The van der Waals surface area contributed by atoms with Gasteiger partial charge in [0.05, 0.1) is 5.56 Å². The van der Waals surface area contributed by atoms with Crippen LogP contribution in [0.3, 0.4) is 0 Å². The van der Waals surface area contributed by atoms with Crippen LogP contribution in [0.15, 0.2) is 84.9 Å². The van der Waals surface area contributed by atoms with E-state index >= 15 is 0 Å². The Morgan fingerprint density at radius 2 is 1.57 bits per heavy atom. The Balaban J connectivity index is 1.57. The number of carboxylic acids is 1. The van der Waals surface area contributed by atoms with Gasteiger partial charge in [0, 0.05) is 18.4 Å². The first-order valence-corrected chi connectivity index (χ1v) is 9.69. The molecule has 0 aliphatic rings. The van der Waals surface area contributed by atoms with Crippen LogP contribution in [0, 0.1) is 11.8 Å². The van der Waals surface area contributed by atoms with E-state index in [2.05, 4.69) is 24.0 Å². The van der Waals surface area contributed by atoms with E-state index in [0.717, 1.165) is 27.5 Å². The Morgan fingerprint density at radius 1 is 0.800 bits per heavy atom. The van der Waals surface area contributed by atoms with Gasteiger partial charge in [-0.1, -0.05) is 60.4 Å². The molecule has 0 spiro atoms. The molecule has 4 aromatic rings. The first-order valence-electron chi connectivity index (χ1n) is 9.69. The minimum atomic E-state index is -0.948. The summed E-state index contributed by atoms with van der Waals surface area (Å²) < 4.78 is 0. The standard InChI is InChI=1S/C27H20O3/c28-26-18-23-14-11-20(8-4-7-19-5-2-1-3-6-19)15-24(23)17-25(26)16-21-9-12-22(13-10-21)27(29)30/h1-3,5-6,9-15,17-18,28H,7,16H2,(H,29,30). The fourth-order valence-electron chi connectivity index (χ4n) is 3.38. The minimum Gasteiger partial charge on any atom is -0.508 e. The molecule has 3 nitrogen and oxygen atoms in total. The molecule has 4 aromatic carbocycles. The molecule has 0 aromatic heterocycles. The number of phenols is 1. The first kappa shape index (κ1) is 19.3. The zero-order chi connectivity index (χ0) is 20.9. The number of hydrogen-bond acceptors (Lipinski definition) is 2. The van der Waals surface area contributed by atoms with Gasteiger partial charge in [0.25, 0.3) is 0 Å². The van der Waals surface area contributed by atoms with Crippen LogP contribution in [0.1, 0.15) is 32.6 Å². The molecule has 146 valence electrons. The van der Waals surface area contributed by atoms with E-state index in [1.54, 1.807) is 30.3 Å². The van der Waals surface area contributed by atoms with Crippen LogP contribution in [-0.4, -0.2) is 16.2 Å². The van der Waals surface area contributed by atoms with Crippen LogP contribution in [-0.2, 0) is 12.8 Å². The highest BCUT2D eigenvalue weighted by atomic mass is 16.4. The molecule has 0 aliphatic carbocycles. The molecule has 0 radical (unpaired) electrons. The first-order chi connectivity index (χ1) is 14.6. The van der Waals surface area contributed by atoms with Gasteiger partial charge in [0.2, 0.25) is 0 Å². The lowest BCUT2D eigenvalue weighted by Crippen LogP contribution is -1.96. The molecule has 0 amide bonds. The fourth-order valence-corrected chi connectivity index (χ4v) is 3.38. The lowest BCUT2D eigenvalue weighted by molar-refractivity contribution is 0.0697. The SMILES string of the molecule is O=C(O)c1ccc(Cc2cc3cc(C#CCc4ccccc4)ccc3cc2O)cc1. The molecule has 0 aliphatic heterocycles. The monoisotopic (exact) mass is 392 g/mol. The molecule has 0 bridgehead atoms. The summed E-state index contributed by atoms with van der Waals surface area (Å²) in [5.41, 5.74) is 4.10. The summed E-state index contributed by atoms with van der Waals surface area (Å²) in [6.07, 6.45) is 1.22. The zero-order valence-corrected chi connectivity index (χ0v) is 16.3. The van der Waals surface area contributed by atoms with Crippen molar-refractivity contribution >= 4 is 16.7 Å². The molecule has 0 atom stereocenters. The van der Waals surface area contributed by atoms with Gasteiger partial charge in [0.15, 0.2) is 0 Å². The van der Waals surface area contributed by atoms with E-state index < -0.39 is 5.97 Å². The lowest BCUT2D eigenvalue weighted by atomic mass is 9.98. The summed E-state index contributed by atoms with van der Waals surface area (Å²) in [6, 6.07) is 26.5. The predicted octanol–water partition coefficient (Wildman–Crippen LogP) is 5.43. The van der Waals surface area contributed by atoms with E-state index in [9.17, 15) is 9.90 Å². The number of rotatable bonds is 4. The molecule has 30 heavy (non-hydrogen) atoms. The highest BCUT2D eigenvalue weighted by Gasteiger charge is 2.07. The van der Waals surface area contributed by atoms with E-state index in [-0.39, 0.29) is 11.3 Å². The van der Waals surface area contributed by atoms with E-state index in [1.807, 2.05) is 42.5 Å². The van der Waals surface area contributed by atoms with Gasteiger partial charge in [-0.05, 0) is 63.9 Å². The number of benzene rings is 4. The van der Waals surface area contributed by atoms with Crippen LogP contribution >= 0.6 is 0 Å². The van der Waals surface area contributed by atoms with E-state index in [4.69, 9.17) is 5.11 Å². The van der Waals surface area contributed by atoms with Crippen molar-refractivity contribution in [3.05, 3.63) is 113 Å². The van der Waals surface area contributed by atoms with Gasteiger partial charge in [-0.3, -0.25) is 0 Å². The maximum atomic E-state index is 11.0. The van der Waals surface area contributed by atoms with Crippen molar-refractivity contribution in [2.24, 2.45) is 0 Å². The van der Waals surface area contributed by atoms with Crippen LogP contribution in [0.25, 0.3) is 10.8 Å². The fraction of sp³-hybridized carbons (Fsp3) is 0.0741. The van der Waals surface area contributed by atoms with Gasteiger partial charge in [-0.15, -0.1) is 0 Å². The van der Waals surface area contributed by atoms with Crippen LogP contribution in [0.5, 0.6) is 5.75 Å². The van der Waals surface area contributed by atoms with Crippen molar-refractivity contribution in [2.75, 3.05) is 0 Å². The molecule has 0 saturated heterocycles. The lowest BCUT2D eigenvalue weighted by Gasteiger charge is -2.08. The number of phenolic OH excluding ortho intramolecular Hbond substituents is 1. The number of aromatic hydroxyl groups is 1. The van der Waals surface area contributed by atoms with Crippen molar-refractivity contribution in [2.45, 2.75) is 12.8 Å². The summed E-state index contributed by atoms with van der Waals surface area (Å²) in [5.74, 6) is 5.71. The molecule has 0 fully saturated rings. The highest BCUT2D eigenvalue weighted by Crippen LogP contribution is 2.28. The Labute approximate surface area is 175 Å². The third-order valence-corrected chi connectivity index (χ3v) is 5.00. The third kappa shape index (κ3) is 4.51. The molecular weight excluding hydrogens is 372 g/mol. The summed E-state index contributed by atoms with van der Waals surface area (Å²) in [5, 5.41) is 21.4. The summed E-state index contributed by atoms with van der Waals surface area (Å²) in [4.78, 5) is 11.0. The number of aromatic carboxylic acids is 1. The van der Waals surface area contributed by atoms with Crippen molar-refractivity contribution < 1.29 is 15.0 Å². The average Bonchev–Trinajstić information content (AvgIpc) is 2.75. The highest BCUT2D eigenvalue weighted by molar-refractivity contribution is 5.88. The number of hydrogen-bond donors (Lipinski definition) is 2. The zero-order valence-electron chi connectivity index (χ0n) is 16.3. The van der Waals surface area contributed by atoms with Gasteiger partial charge in [0.1, 0.15) is 5.75 Å². The number of carboxylic acid groups (broad SMARTS) is 1. The Morgan fingerprint density at radius 3 is 2.30 bits per heavy atom. The van der Waals surface area contributed by atoms with Crippen LogP contribution < -0.4 is 0 Å². The molecule has 4 rings (SSSR count). The Hall–Kier alpha value is -4.03. The van der Waals surface area contributed by atoms with E-state index in [0.29, 0.717) is 12.8 Å². The second-order valence-electron chi connectivity index (χ2n) is 7.19. The third-order valence-electron chi connectivity index (χ3n) is 5.00. The minimum absolute atomic E-state index is 0.229. The second-order valence-corrected chi connectivity index (χ2v) is 7.19. The van der Waals surface area contributed by atoms with Gasteiger partial charge in [-0.25, -0.2) is 4.79 Å². The summed E-state index contributed by atoms with van der Waals surface area (Å²) >= 11 is 0. The quantitative estimate of drug-likeness (QED) is 0.456. The smallest absolute Gasteiger partial charge is 0.335 e. The van der Waals surface area contributed by atoms with Gasteiger partial charge >= 0.3 is 5.97 Å². The summed E-state index contributed by atoms with van der Waals surface area (Å²) in [7, 11) is 0. The molecule has 3 heteroatoms. The van der Waals surface area contributed by atoms with Crippen LogP contribution in [0.2, 0.25) is 0 Å². The molecule has 0 unspecified atom stereocenters. The largest absolute Gasteiger partial charge is 0.508 e. The number of fused-ring (bicyclic) bond motifs is 1. The predicted molar refractivity (Wildman–Crippen MR) is 119 cm³/mol. The molecular formula is C27H20O3. The van der Waals surface area contributed by atoms with Gasteiger partial charge in [-0.2, -0.15) is 0 Å². The maximum absolute atomic E-state index is 11.0. The Bertz CT molecular complexity index is 1260. The summed E-state index contributed by atoms with van der Waals surface area (Å²) in [6.45, 7) is 0. The molecule has 0 saturated carbocycles. The van der Waals surface area contributed by atoms with Gasteiger partial charge < -0.3 is 10.2 Å². The molecule has 2 N–H and O–H groups in total. The molecule has 0 heterocycles. The van der Waals surface area contributed by atoms with Crippen LogP contribution in [0.4, 0.5) is 0 Å². The topological polar surface area (TPSA) is 57.5 Å². The Kier molecular flexibility index (Phi) is 5.50. The normalized spacial score (nSPS) is 10.4. The number of carbonyl (C=O) groups is 1. The van der Waals surface area contributed by atoms with Crippen molar-refractivity contribution in [3.8, 4) is 17.6 Å². The maximum Gasteiger partial charge on any atom is 0.335 e. The van der Waals surface area contributed by atoms with E-state index in [1.165, 1.54) is 5.56 Å². The van der Waals surface area contributed by atoms with Crippen molar-refractivity contribution in [1.29, 1.82) is 0 Å².